The highest BCUT2D eigenvalue weighted by Crippen LogP contribution is 2.48. The second-order valence-electron chi connectivity index (χ2n) is 6.76. The highest BCUT2D eigenvalue weighted by atomic mass is 16.5. The Bertz CT molecular complexity index is 1340. The van der Waals surface area contributed by atoms with Crippen LogP contribution in [-0.2, 0) is 4.79 Å². The Hall–Kier alpha value is -4.38. The van der Waals surface area contributed by atoms with Crippen molar-refractivity contribution in [2.75, 3.05) is 5.32 Å². The van der Waals surface area contributed by atoms with Gasteiger partial charge in [-0.2, -0.15) is 0 Å². The number of aromatic carboxylic acids is 1. The third-order valence-electron chi connectivity index (χ3n) is 4.74. The fraction of sp³-hybridized carbons (Fsp3) is 0.100. The maximum atomic E-state index is 12.6. The third kappa shape index (κ3) is 3.32. The van der Waals surface area contributed by atoms with Crippen molar-refractivity contribution < 1.29 is 39.5 Å². The molecule has 0 saturated heterocycles. The topological polar surface area (TPSA) is 186 Å². The fourth-order valence-corrected chi connectivity index (χ4v) is 3.31. The Morgan fingerprint density at radius 1 is 1.06 bits per heavy atom. The van der Waals surface area contributed by atoms with Gasteiger partial charge >= 0.3 is 11.9 Å². The van der Waals surface area contributed by atoms with Gasteiger partial charge in [0, 0.05) is 24.1 Å². The lowest BCUT2D eigenvalue weighted by Crippen LogP contribution is -2.23. The van der Waals surface area contributed by atoms with Crippen LogP contribution in [0.25, 0.3) is 10.9 Å². The number of fused-ring (bicyclic) bond motifs is 4. The van der Waals surface area contributed by atoms with Crippen LogP contribution in [0.3, 0.4) is 0 Å². The van der Waals surface area contributed by atoms with Crippen molar-refractivity contribution in [3.05, 3.63) is 51.8 Å². The molecule has 3 aromatic rings. The van der Waals surface area contributed by atoms with Gasteiger partial charge in [0.15, 0.2) is 28.8 Å². The molecule has 0 saturated carbocycles. The average Bonchev–Trinajstić information content (AvgIpc) is 2.71. The monoisotopic (exact) mass is 426 g/mol. The van der Waals surface area contributed by atoms with Gasteiger partial charge in [0.05, 0.1) is 22.3 Å². The van der Waals surface area contributed by atoms with Crippen LogP contribution in [0, 0.1) is 0 Å². The van der Waals surface area contributed by atoms with Crippen molar-refractivity contribution in [3.63, 3.8) is 0 Å². The lowest BCUT2D eigenvalue weighted by atomic mass is 10.0. The predicted molar refractivity (Wildman–Crippen MR) is 106 cm³/mol. The minimum absolute atomic E-state index is 0.0169. The number of aliphatic hydroxyl groups excluding tert-OH is 1. The highest BCUT2D eigenvalue weighted by Gasteiger charge is 2.28. The molecule has 11 heteroatoms. The Labute approximate surface area is 172 Å². The predicted octanol–water partition coefficient (Wildman–Crippen LogP) is 1.80. The highest BCUT2D eigenvalue weighted by molar-refractivity contribution is 6.08. The van der Waals surface area contributed by atoms with Gasteiger partial charge in [-0.25, -0.2) is 9.59 Å². The van der Waals surface area contributed by atoms with Crippen LogP contribution >= 0.6 is 0 Å². The van der Waals surface area contributed by atoms with Crippen LogP contribution in [0.2, 0.25) is 0 Å². The molecular weight excluding hydrogens is 412 g/mol. The Morgan fingerprint density at radius 3 is 2.48 bits per heavy atom. The van der Waals surface area contributed by atoms with E-state index >= 15 is 0 Å². The minimum Gasteiger partial charge on any atom is -0.506 e. The summed E-state index contributed by atoms with van der Waals surface area (Å²) in [4.78, 5) is 49.7. The molecule has 6 N–H and O–H groups in total. The molecule has 0 radical (unpaired) electrons. The number of carbonyl (C=O) groups excluding carboxylic acids is 1. The number of aliphatic hydroxyl groups is 1. The van der Waals surface area contributed by atoms with E-state index in [-0.39, 0.29) is 39.3 Å². The third-order valence-corrected chi connectivity index (χ3v) is 4.74. The SMILES string of the molecule is O=C(O)c1cc(=O)c2c3c(cc(O)c2[nH]1)Oc1cccc(C(=O)CC(O)C(=O)O)c1N3. The van der Waals surface area contributed by atoms with Crippen LogP contribution in [0.1, 0.15) is 27.3 Å². The number of carboxylic acid groups (broad SMARTS) is 2. The molecule has 2 aromatic carbocycles. The summed E-state index contributed by atoms with van der Waals surface area (Å²) in [6.45, 7) is 0. The summed E-state index contributed by atoms with van der Waals surface area (Å²) in [6.07, 6.45) is -2.57. The number of carbonyl (C=O) groups is 3. The number of aromatic amines is 1. The number of phenols is 1. The zero-order valence-electron chi connectivity index (χ0n) is 15.5. The summed E-state index contributed by atoms with van der Waals surface area (Å²) in [6, 6.07) is 6.42. The van der Waals surface area contributed by atoms with E-state index < -0.39 is 47.1 Å². The van der Waals surface area contributed by atoms with Gasteiger partial charge in [-0.05, 0) is 12.1 Å². The molecule has 1 unspecified atom stereocenters. The van der Waals surface area contributed by atoms with Gasteiger partial charge < -0.3 is 35.5 Å². The number of hydrogen-bond acceptors (Lipinski definition) is 8. The molecule has 0 fully saturated rings. The van der Waals surface area contributed by atoms with Crippen LogP contribution < -0.4 is 15.5 Å². The second-order valence-corrected chi connectivity index (χ2v) is 6.76. The summed E-state index contributed by atoms with van der Waals surface area (Å²) in [5, 5.41) is 40.6. The molecule has 0 amide bonds. The largest absolute Gasteiger partial charge is 0.506 e. The van der Waals surface area contributed by atoms with E-state index in [9.17, 15) is 29.4 Å². The van der Waals surface area contributed by atoms with Crippen molar-refractivity contribution in [2.24, 2.45) is 0 Å². The number of rotatable bonds is 5. The van der Waals surface area contributed by atoms with E-state index in [1.807, 2.05) is 0 Å². The number of nitrogens with one attached hydrogen (secondary N) is 2. The van der Waals surface area contributed by atoms with E-state index in [0.29, 0.717) is 0 Å². The molecule has 0 aliphatic carbocycles. The molecule has 1 aliphatic heterocycles. The number of ketones is 1. The van der Waals surface area contributed by atoms with Crippen LogP contribution in [-0.4, -0.2) is 49.2 Å². The zero-order chi connectivity index (χ0) is 22.4. The molecule has 0 bridgehead atoms. The fourth-order valence-electron chi connectivity index (χ4n) is 3.31. The van der Waals surface area contributed by atoms with Gasteiger partial charge in [0.1, 0.15) is 11.4 Å². The Kier molecular flexibility index (Phi) is 4.59. The second kappa shape index (κ2) is 7.15. The lowest BCUT2D eigenvalue weighted by Gasteiger charge is -2.25. The summed E-state index contributed by atoms with van der Waals surface area (Å²) >= 11 is 0. The van der Waals surface area contributed by atoms with Crippen LogP contribution in [0.5, 0.6) is 17.2 Å². The zero-order valence-corrected chi connectivity index (χ0v) is 15.5. The van der Waals surface area contributed by atoms with Gasteiger partial charge in [0.25, 0.3) is 0 Å². The molecule has 31 heavy (non-hydrogen) atoms. The van der Waals surface area contributed by atoms with Crippen LogP contribution in [0.15, 0.2) is 35.1 Å². The molecule has 4 rings (SSSR count). The number of ether oxygens (including phenoxy) is 1. The first-order valence-corrected chi connectivity index (χ1v) is 8.85. The van der Waals surface area contributed by atoms with Crippen molar-refractivity contribution in [2.45, 2.75) is 12.5 Å². The molecule has 1 atom stereocenters. The quantitative estimate of drug-likeness (QED) is 0.203. The van der Waals surface area contributed by atoms with Gasteiger partial charge in [-0.15, -0.1) is 0 Å². The number of pyridine rings is 1. The van der Waals surface area contributed by atoms with Gasteiger partial charge in [0.2, 0.25) is 0 Å². The molecule has 2 heterocycles. The molecule has 0 spiro atoms. The first-order chi connectivity index (χ1) is 14.7. The van der Waals surface area contributed by atoms with E-state index in [0.717, 1.165) is 6.07 Å². The summed E-state index contributed by atoms with van der Waals surface area (Å²) < 4.78 is 5.72. The van der Waals surface area contributed by atoms with Crippen molar-refractivity contribution in [1.82, 2.24) is 4.98 Å². The molecule has 1 aliphatic rings. The number of aliphatic carboxylic acids is 1. The number of aromatic hydroxyl groups is 1. The number of aromatic nitrogens is 1. The molecule has 158 valence electrons. The summed E-state index contributed by atoms with van der Waals surface area (Å²) in [5.41, 5.74) is -1.06. The number of phenolic OH excluding ortho intramolecular Hbond substituents is 1. The molecule has 11 nitrogen and oxygen atoms in total. The summed E-state index contributed by atoms with van der Waals surface area (Å²) in [7, 11) is 0. The smallest absolute Gasteiger partial charge is 0.352 e. The van der Waals surface area contributed by atoms with E-state index in [4.69, 9.17) is 14.9 Å². The normalized spacial score (nSPS) is 12.8. The van der Waals surface area contributed by atoms with Gasteiger partial charge in [-0.3, -0.25) is 9.59 Å². The number of anilines is 2. The first-order valence-electron chi connectivity index (χ1n) is 8.85. The van der Waals surface area contributed by atoms with Crippen molar-refractivity contribution in [3.8, 4) is 17.2 Å². The van der Waals surface area contributed by atoms with Crippen LogP contribution in [0.4, 0.5) is 11.4 Å². The minimum atomic E-state index is -1.89. The van der Waals surface area contributed by atoms with Crippen molar-refractivity contribution >= 4 is 40.0 Å². The average molecular weight is 426 g/mol. The molecular formula is C20H14N2O9. The number of H-pyrrole nitrogens is 1. The standard InChI is InChI=1S/C20H14N2O9/c23-9(5-12(26)20(29)30)7-2-1-3-13-16(7)22-18-14(31-13)6-11(25)17-15(18)10(24)4-8(21-17)19(27)28/h1-4,6,12,22,25-26H,5H2,(H,21,24)(H,27,28)(H,29,30). The Balaban J connectivity index is 1.86. The maximum Gasteiger partial charge on any atom is 0.352 e. The van der Waals surface area contributed by atoms with E-state index in [2.05, 4.69) is 10.3 Å². The number of carboxylic acids is 2. The Morgan fingerprint density at radius 2 is 1.81 bits per heavy atom. The van der Waals surface area contributed by atoms with E-state index in [1.165, 1.54) is 24.3 Å². The first kappa shape index (κ1) is 19.9. The number of Topliss-reactive ketones (excluding diaryl/α,β-unsaturated/α-hetero) is 1. The number of para-hydroxylation sites is 1. The molecule has 1 aromatic heterocycles. The number of hydrogen-bond donors (Lipinski definition) is 6. The van der Waals surface area contributed by atoms with Crippen molar-refractivity contribution in [1.29, 1.82) is 0 Å². The summed E-state index contributed by atoms with van der Waals surface area (Å²) in [5.74, 6) is -3.82. The maximum absolute atomic E-state index is 12.6. The van der Waals surface area contributed by atoms with Gasteiger partial charge in [-0.1, -0.05) is 6.07 Å². The number of benzene rings is 2. The lowest BCUT2D eigenvalue weighted by molar-refractivity contribution is -0.146. The van der Waals surface area contributed by atoms with E-state index in [1.54, 1.807) is 0 Å².